The normalized spacial score (nSPS) is 22.6. The lowest BCUT2D eigenvalue weighted by atomic mass is 9.71. The second kappa shape index (κ2) is 8.80. The van der Waals surface area contributed by atoms with Crippen LogP contribution in [-0.4, -0.2) is 30.9 Å². The molecule has 1 aromatic carbocycles. The van der Waals surface area contributed by atoms with E-state index in [0.717, 1.165) is 37.8 Å². The summed E-state index contributed by atoms with van der Waals surface area (Å²) in [5.41, 5.74) is 2.68. The minimum absolute atomic E-state index is 0.0232. The second-order valence-electron chi connectivity index (χ2n) is 7.95. The molecule has 1 unspecified atom stereocenters. The van der Waals surface area contributed by atoms with Gasteiger partial charge >= 0.3 is 5.97 Å². The van der Waals surface area contributed by atoms with Gasteiger partial charge in [-0.2, -0.15) is 0 Å². The summed E-state index contributed by atoms with van der Waals surface area (Å²) in [6.45, 7) is 4.41. The molecule has 0 spiro atoms. The van der Waals surface area contributed by atoms with Crippen molar-refractivity contribution in [3.8, 4) is 11.5 Å². The number of fused-ring (bicyclic) bond motifs is 1. The number of aliphatic imine (C=N–C) groups is 1. The van der Waals surface area contributed by atoms with Crippen LogP contribution in [0.2, 0.25) is 5.02 Å². The van der Waals surface area contributed by atoms with Crippen LogP contribution in [0.1, 0.15) is 63.9 Å². The quantitative estimate of drug-likeness (QED) is 0.469. The van der Waals surface area contributed by atoms with Crippen LogP contribution in [0.15, 0.2) is 28.4 Å². The Kier molecular flexibility index (Phi) is 6.14. The van der Waals surface area contributed by atoms with Gasteiger partial charge in [-0.05, 0) is 37.8 Å². The molecule has 0 saturated heterocycles. The maximum atomic E-state index is 13.1. The average Bonchev–Trinajstić information content (AvgIpc) is 3.17. The molecule has 160 valence electrons. The first-order chi connectivity index (χ1) is 14.5. The number of rotatable bonds is 6. The van der Waals surface area contributed by atoms with Gasteiger partial charge in [0.1, 0.15) is 5.92 Å². The molecule has 3 aliphatic rings. The van der Waals surface area contributed by atoms with E-state index in [2.05, 4.69) is 11.9 Å². The summed E-state index contributed by atoms with van der Waals surface area (Å²) < 4.78 is 16.6. The molecule has 0 aromatic heterocycles. The summed E-state index contributed by atoms with van der Waals surface area (Å²) in [6, 6.07) is 3.48. The topological polar surface area (TPSA) is 74.2 Å². The van der Waals surface area contributed by atoms with Crippen LogP contribution in [0.25, 0.3) is 0 Å². The number of ether oxygens (including phenoxy) is 3. The second-order valence-corrected chi connectivity index (χ2v) is 8.35. The first-order valence-corrected chi connectivity index (χ1v) is 11.0. The van der Waals surface area contributed by atoms with E-state index in [1.54, 1.807) is 12.1 Å². The molecule has 0 fully saturated rings. The molecule has 2 heterocycles. The Bertz CT molecular complexity index is 936. The number of halogens is 1. The number of hydrogen-bond acceptors (Lipinski definition) is 6. The number of esters is 1. The molecule has 0 bridgehead atoms. The predicted molar refractivity (Wildman–Crippen MR) is 113 cm³/mol. The standard InChI is InChI=1S/C23H26ClNO5/c1-3-4-5-9-28-23(27)20-13(2)25-16-7-6-8-17(26)22(16)21(20)14-10-18-19(11-15(14)24)30-12-29-18/h10-11,20-21H,3-9,12H2,1-2H3/t20?,21-/m1/s1. The van der Waals surface area contributed by atoms with E-state index in [9.17, 15) is 9.59 Å². The first-order valence-electron chi connectivity index (χ1n) is 10.6. The Balaban J connectivity index is 1.75. The zero-order chi connectivity index (χ0) is 21.3. The fraction of sp³-hybridized carbons (Fsp3) is 0.522. The van der Waals surface area contributed by atoms with Gasteiger partial charge in [0, 0.05) is 40.4 Å². The van der Waals surface area contributed by atoms with Crippen molar-refractivity contribution in [3.05, 3.63) is 34.0 Å². The number of nitrogens with zero attached hydrogens (tertiary/aromatic N) is 1. The molecule has 30 heavy (non-hydrogen) atoms. The number of carbonyl (C=O) groups excluding carboxylic acids is 2. The molecule has 2 atom stereocenters. The third kappa shape index (κ3) is 3.85. The smallest absolute Gasteiger partial charge is 0.315 e. The molecule has 7 heteroatoms. The highest BCUT2D eigenvalue weighted by molar-refractivity contribution is 6.32. The molecule has 0 N–H and O–H groups in total. The number of hydrogen-bond donors (Lipinski definition) is 0. The van der Waals surface area contributed by atoms with Gasteiger partial charge < -0.3 is 14.2 Å². The Labute approximate surface area is 181 Å². The molecule has 0 saturated carbocycles. The van der Waals surface area contributed by atoms with Gasteiger partial charge in [-0.3, -0.25) is 14.6 Å². The summed E-state index contributed by atoms with van der Waals surface area (Å²) in [5.74, 6) is -0.440. The predicted octanol–water partition coefficient (Wildman–Crippen LogP) is 4.98. The summed E-state index contributed by atoms with van der Waals surface area (Å²) in [6.07, 6.45) is 4.78. The maximum absolute atomic E-state index is 13.1. The molecule has 4 rings (SSSR count). The SMILES string of the molecule is CCCCCOC(=O)C1C(C)=NC2=C(C(=O)CCC2)[C@@H]1c1cc2c(cc1Cl)OCO2. The molecule has 1 aromatic rings. The van der Waals surface area contributed by atoms with Gasteiger partial charge in [-0.25, -0.2) is 0 Å². The largest absolute Gasteiger partial charge is 0.465 e. The van der Waals surface area contributed by atoms with Gasteiger partial charge in [0.2, 0.25) is 6.79 Å². The van der Waals surface area contributed by atoms with Crippen LogP contribution < -0.4 is 9.47 Å². The van der Waals surface area contributed by atoms with E-state index in [1.165, 1.54) is 0 Å². The minimum Gasteiger partial charge on any atom is -0.465 e. The van der Waals surface area contributed by atoms with Gasteiger partial charge in [0.05, 0.1) is 6.61 Å². The lowest BCUT2D eigenvalue weighted by molar-refractivity contribution is -0.146. The maximum Gasteiger partial charge on any atom is 0.315 e. The average molecular weight is 432 g/mol. The third-order valence-corrected chi connectivity index (χ3v) is 6.23. The van der Waals surface area contributed by atoms with E-state index in [-0.39, 0.29) is 18.5 Å². The van der Waals surface area contributed by atoms with Crippen molar-refractivity contribution in [2.24, 2.45) is 10.9 Å². The van der Waals surface area contributed by atoms with Gasteiger partial charge in [0.25, 0.3) is 0 Å². The zero-order valence-electron chi connectivity index (χ0n) is 17.3. The fourth-order valence-electron chi connectivity index (χ4n) is 4.43. The van der Waals surface area contributed by atoms with Crippen LogP contribution in [0.3, 0.4) is 0 Å². The van der Waals surface area contributed by atoms with E-state index < -0.39 is 11.8 Å². The van der Waals surface area contributed by atoms with E-state index in [4.69, 9.17) is 25.8 Å². The van der Waals surface area contributed by atoms with Gasteiger partial charge in [0.15, 0.2) is 17.3 Å². The van der Waals surface area contributed by atoms with E-state index in [0.29, 0.717) is 46.4 Å². The van der Waals surface area contributed by atoms with Crippen molar-refractivity contribution < 1.29 is 23.8 Å². The summed E-state index contributed by atoms with van der Waals surface area (Å²) in [4.78, 5) is 30.8. The highest BCUT2D eigenvalue weighted by atomic mass is 35.5. The monoisotopic (exact) mass is 431 g/mol. The van der Waals surface area contributed by atoms with Crippen LogP contribution >= 0.6 is 11.6 Å². The summed E-state index contributed by atoms with van der Waals surface area (Å²) in [5, 5.41) is 0.438. The lowest BCUT2D eigenvalue weighted by Gasteiger charge is -2.34. The number of benzene rings is 1. The molecule has 0 radical (unpaired) electrons. The van der Waals surface area contributed by atoms with Crippen LogP contribution in [0.5, 0.6) is 11.5 Å². The Hall–Kier alpha value is -2.34. The number of carbonyl (C=O) groups is 2. The Morgan fingerprint density at radius 2 is 2.00 bits per heavy atom. The van der Waals surface area contributed by atoms with Crippen molar-refractivity contribution in [2.75, 3.05) is 13.4 Å². The molecule has 2 aliphatic heterocycles. The highest BCUT2D eigenvalue weighted by Crippen LogP contribution is 2.48. The lowest BCUT2D eigenvalue weighted by Crippen LogP contribution is -2.37. The molecule has 1 aliphatic carbocycles. The summed E-state index contributed by atoms with van der Waals surface area (Å²) in [7, 11) is 0. The van der Waals surface area contributed by atoms with Gasteiger partial charge in [-0.15, -0.1) is 0 Å². The molecule has 0 amide bonds. The first kappa shape index (κ1) is 20.9. The van der Waals surface area contributed by atoms with Crippen molar-refractivity contribution in [2.45, 2.75) is 58.3 Å². The molecular weight excluding hydrogens is 406 g/mol. The van der Waals surface area contributed by atoms with Crippen LogP contribution in [0, 0.1) is 5.92 Å². The van der Waals surface area contributed by atoms with Crippen molar-refractivity contribution in [3.63, 3.8) is 0 Å². The number of allylic oxidation sites excluding steroid dienone is 2. The minimum atomic E-state index is -0.690. The van der Waals surface area contributed by atoms with Crippen LogP contribution in [-0.2, 0) is 14.3 Å². The molecular formula is C23H26ClNO5. The van der Waals surface area contributed by atoms with Crippen LogP contribution in [0.4, 0.5) is 0 Å². The van der Waals surface area contributed by atoms with Crippen molar-refractivity contribution in [1.29, 1.82) is 0 Å². The van der Waals surface area contributed by atoms with Crippen molar-refractivity contribution >= 4 is 29.1 Å². The number of Topliss-reactive ketones (excluding diaryl/α,β-unsaturated/α-hetero) is 1. The Morgan fingerprint density at radius 3 is 2.77 bits per heavy atom. The van der Waals surface area contributed by atoms with Crippen molar-refractivity contribution in [1.82, 2.24) is 0 Å². The van der Waals surface area contributed by atoms with E-state index >= 15 is 0 Å². The fourth-order valence-corrected chi connectivity index (χ4v) is 4.70. The van der Waals surface area contributed by atoms with E-state index in [1.807, 2.05) is 6.92 Å². The number of unbranched alkanes of at least 4 members (excludes halogenated alkanes) is 2. The van der Waals surface area contributed by atoms with Gasteiger partial charge in [-0.1, -0.05) is 31.4 Å². The molecule has 6 nitrogen and oxygen atoms in total. The third-order valence-electron chi connectivity index (χ3n) is 5.91. The highest BCUT2D eigenvalue weighted by Gasteiger charge is 2.44. The Morgan fingerprint density at radius 1 is 1.23 bits per heavy atom. The number of ketones is 1. The summed E-state index contributed by atoms with van der Waals surface area (Å²) >= 11 is 6.62. The zero-order valence-corrected chi connectivity index (χ0v) is 18.1.